The molecule has 0 spiro atoms. The van der Waals surface area contributed by atoms with Gasteiger partial charge in [0.15, 0.2) is 0 Å². The SMILES string of the molecule is N#Cc1cc([N+](=O)[O-])c(-c2ccc(C#N)c(C#N)c2)c([N+](=O)[O-])c1. The van der Waals surface area contributed by atoms with Crippen LogP contribution in [0.5, 0.6) is 0 Å². The first-order chi connectivity index (χ1) is 11.4. The van der Waals surface area contributed by atoms with Crippen LogP contribution in [0, 0.1) is 54.2 Å². The molecular formula is C15H5N5O4. The number of hydrogen-bond donors (Lipinski definition) is 0. The number of rotatable bonds is 3. The van der Waals surface area contributed by atoms with Crippen LogP contribution in [-0.4, -0.2) is 9.85 Å². The summed E-state index contributed by atoms with van der Waals surface area (Å²) in [5.74, 6) is 0. The molecule has 0 heterocycles. The monoisotopic (exact) mass is 319 g/mol. The summed E-state index contributed by atoms with van der Waals surface area (Å²) in [5, 5.41) is 49.4. The zero-order valence-electron chi connectivity index (χ0n) is 11.8. The van der Waals surface area contributed by atoms with Crippen molar-refractivity contribution in [3.63, 3.8) is 0 Å². The minimum Gasteiger partial charge on any atom is -0.258 e. The van der Waals surface area contributed by atoms with Crippen molar-refractivity contribution in [2.45, 2.75) is 0 Å². The van der Waals surface area contributed by atoms with E-state index in [1.165, 1.54) is 18.2 Å². The summed E-state index contributed by atoms with van der Waals surface area (Å²) in [6.07, 6.45) is 0. The van der Waals surface area contributed by atoms with E-state index in [-0.39, 0.29) is 27.8 Å². The van der Waals surface area contributed by atoms with Gasteiger partial charge in [0.1, 0.15) is 17.7 Å². The molecule has 9 nitrogen and oxygen atoms in total. The van der Waals surface area contributed by atoms with Crippen LogP contribution < -0.4 is 0 Å². The maximum absolute atomic E-state index is 11.3. The molecule has 9 heteroatoms. The fourth-order valence-corrected chi connectivity index (χ4v) is 2.15. The van der Waals surface area contributed by atoms with Gasteiger partial charge >= 0.3 is 0 Å². The number of nitriles is 3. The Morgan fingerprint density at radius 1 is 0.792 bits per heavy atom. The summed E-state index contributed by atoms with van der Waals surface area (Å²) in [5.41, 5.74) is -1.81. The third kappa shape index (κ3) is 2.71. The lowest BCUT2D eigenvalue weighted by Gasteiger charge is -2.06. The lowest BCUT2D eigenvalue weighted by molar-refractivity contribution is -0.392. The Morgan fingerprint density at radius 2 is 1.33 bits per heavy atom. The quantitative estimate of drug-likeness (QED) is 0.621. The van der Waals surface area contributed by atoms with Crippen LogP contribution in [0.3, 0.4) is 0 Å². The largest absolute Gasteiger partial charge is 0.285 e. The van der Waals surface area contributed by atoms with Crippen molar-refractivity contribution in [3.05, 3.63) is 67.3 Å². The van der Waals surface area contributed by atoms with Crippen LogP contribution >= 0.6 is 0 Å². The second kappa shape index (κ2) is 6.22. The minimum absolute atomic E-state index is 0.0356. The van der Waals surface area contributed by atoms with Crippen LogP contribution in [0.2, 0.25) is 0 Å². The molecule has 0 fully saturated rings. The Labute approximate surface area is 134 Å². The molecule has 0 saturated carbocycles. The first kappa shape index (κ1) is 16.1. The number of benzene rings is 2. The molecule has 24 heavy (non-hydrogen) atoms. The fourth-order valence-electron chi connectivity index (χ4n) is 2.15. The van der Waals surface area contributed by atoms with Gasteiger partial charge in [0.2, 0.25) is 0 Å². The van der Waals surface area contributed by atoms with Gasteiger partial charge in [0.25, 0.3) is 11.4 Å². The number of nitrogens with zero attached hydrogens (tertiary/aromatic N) is 5. The van der Waals surface area contributed by atoms with Gasteiger partial charge < -0.3 is 0 Å². The van der Waals surface area contributed by atoms with E-state index in [1.54, 1.807) is 18.2 Å². The maximum Gasteiger partial charge on any atom is 0.285 e. The van der Waals surface area contributed by atoms with Gasteiger partial charge in [0, 0.05) is 12.1 Å². The Morgan fingerprint density at radius 3 is 1.75 bits per heavy atom. The summed E-state index contributed by atoms with van der Waals surface area (Å²) in [4.78, 5) is 20.9. The molecule has 2 aromatic carbocycles. The lowest BCUT2D eigenvalue weighted by Crippen LogP contribution is -2.00. The number of nitro groups is 2. The Hall–Kier alpha value is -4.29. The Balaban J connectivity index is 2.91. The topological polar surface area (TPSA) is 158 Å². The molecule has 0 saturated heterocycles. The zero-order chi connectivity index (χ0) is 17.9. The molecule has 2 rings (SSSR count). The summed E-state index contributed by atoms with van der Waals surface area (Å²) in [7, 11) is 0. The Kier molecular flexibility index (Phi) is 4.17. The first-order valence-electron chi connectivity index (χ1n) is 6.24. The van der Waals surface area contributed by atoms with E-state index in [2.05, 4.69) is 0 Å². The van der Waals surface area contributed by atoms with Gasteiger partial charge in [-0.05, 0) is 17.7 Å². The second-order valence-corrected chi connectivity index (χ2v) is 4.50. The van der Waals surface area contributed by atoms with Crippen LogP contribution in [0.1, 0.15) is 16.7 Å². The summed E-state index contributed by atoms with van der Waals surface area (Å²) < 4.78 is 0. The molecule has 0 radical (unpaired) electrons. The molecule has 0 N–H and O–H groups in total. The highest BCUT2D eigenvalue weighted by Crippen LogP contribution is 2.39. The molecule has 0 aliphatic rings. The van der Waals surface area contributed by atoms with Crippen molar-refractivity contribution in [1.82, 2.24) is 0 Å². The van der Waals surface area contributed by atoms with Crippen molar-refractivity contribution in [2.24, 2.45) is 0 Å². The number of nitro benzene ring substituents is 2. The molecule has 0 bridgehead atoms. The molecule has 0 unspecified atom stereocenters. The van der Waals surface area contributed by atoms with E-state index in [1.807, 2.05) is 0 Å². The van der Waals surface area contributed by atoms with Crippen molar-refractivity contribution >= 4 is 11.4 Å². The predicted octanol–water partition coefficient (Wildman–Crippen LogP) is 2.79. The standard InChI is InChI=1S/C15H5N5O4/c16-6-9-3-13(19(21)22)15(14(4-9)20(23)24)10-1-2-11(7-17)12(5-10)8-18/h1-5H. The molecule has 0 aliphatic carbocycles. The third-order valence-electron chi connectivity index (χ3n) is 3.17. The van der Waals surface area contributed by atoms with E-state index in [0.717, 1.165) is 12.1 Å². The highest BCUT2D eigenvalue weighted by Gasteiger charge is 2.28. The minimum atomic E-state index is -0.840. The van der Waals surface area contributed by atoms with E-state index in [4.69, 9.17) is 15.8 Å². The second-order valence-electron chi connectivity index (χ2n) is 4.50. The van der Waals surface area contributed by atoms with Crippen molar-refractivity contribution in [2.75, 3.05) is 0 Å². The number of hydrogen-bond acceptors (Lipinski definition) is 7. The normalized spacial score (nSPS) is 9.38. The van der Waals surface area contributed by atoms with Gasteiger partial charge in [-0.3, -0.25) is 20.2 Å². The van der Waals surface area contributed by atoms with E-state index in [0.29, 0.717) is 0 Å². The maximum atomic E-state index is 11.3. The average molecular weight is 319 g/mol. The molecule has 2 aromatic rings. The molecule has 0 aromatic heterocycles. The van der Waals surface area contributed by atoms with Gasteiger partial charge in [-0.1, -0.05) is 6.07 Å². The van der Waals surface area contributed by atoms with Crippen molar-refractivity contribution < 1.29 is 9.85 Å². The summed E-state index contributed by atoms with van der Waals surface area (Å²) >= 11 is 0. The average Bonchev–Trinajstić information content (AvgIpc) is 2.59. The van der Waals surface area contributed by atoms with Crippen LogP contribution in [-0.2, 0) is 0 Å². The Bertz CT molecular complexity index is 973. The summed E-state index contributed by atoms with van der Waals surface area (Å²) in [6, 6.07) is 10.7. The van der Waals surface area contributed by atoms with Crippen LogP contribution in [0.25, 0.3) is 11.1 Å². The van der Waals surface area contributed by atoms with E-state index < -0.39 is 21.2 Å². The molecule has 0 amide bonds. The van der Waals surface area contributed by atoms with E-state index >= 15 is 0 Å². The molecule has 0 atom stereocenters. The zero-order valence-corrected chi connectivity index (χ0v) is 11.8. The smallest absolute Gasteiger partial charge is 0.258 e. The van der Waals surface area contributed by atoms with Gasteiger partial charge in [-0.2, -0.15) is 15.8 Å². The molecule has 114 valence electrons. The van der Waals surface area contributed by atoms with Gasteiger partial charge in [-0.15, -0.1) is 0 Å². The summed E-state index contributed by atoms with van der Waals surface area (Å²) in [6.45, 7) is 0. The van der Waals surface area contributed by atoms with Crippen molar-refractivity contribution in [3.8, 4) is 29.3 Å². The van der Waals surface area contributed by atoms with E-state index in [9.17, 15) is 20.2 Å². The fraction of sp³-hybridized carbons (Fsp3) is 0. The first-order valence-corrected chi connectivity index (χ1v) is 6.24. The molecule has 0 aliphatic heterocycles. The van der Waals surface area contributed by atoms with Crippen molar-refractivity contribution in [1.29, 1.82) is 15.8 Å². The predicted molar refractivity (Wildman–Crippen MR) is 79.3 cm³/mol. The van der Waals surface area contributed by atoms with Gasteiger partial charge in [0.05, 0.1) is 32.6 Å². The van der Waals surface area contributed by atoms with Crippen LogP contribution in [0.4, 0.5) is 11.4 Å². The highest BCUT2D eigenvalue weighted by molar-refractivity contribution is 5.84. The van der Waals surface area contributed by atoms with Gasteiger partial charge in [-0.25, -0.2) is 0 Å². The highest BCUT2D eigenvalue weighted by atomic mass is 16.6. The third-order valence-corrected chi connectivity index (χ3v) is 3.17. The molecular weight excluding hydrogens is 314 g/mol. The lowest BCUT2D eigenvalue weighted by atomic mass is 9.96. The van der Waals surface area contributed by atoms with Crippen LogP contribution in [0.15, 0.2) is 30.3 Å².